The van der Waals surface area contributed by atoms with E-state index >= 15 is 0 Å². The third-order valence-corrected chi connectivity index (χ3v) is 4.19. The first-order valence-corrected chi connectivity index (χ1v) is 7.75. The number of piperidine rings is 1. The monoisotopic (exact) mass is 334 g/mol. The molecule has 6 heteroatoms. The van der Waals surface area contributed by atoms with E-state index in [4.69, 9.17) is 0 Å². The van der Waals surface area contributed by atoms with Gasteiger partial charge in [-0.2, -0.15) is 0 Å². The summed E-state index contributed by atoms with van der Waals surface area (Å²) in [5, 5.41) is 6.02. The second kappa shape index (κ2) is 7.05. The molecule has 1 aliphatic heterocycles. The molecule has 1 aliphatic rings. The number of carbonyl (C=O) groups is 1. The van der Waals surface area contributed by atoms with Crippen LogP contribution in [0, 0.1) is 17.5 Å². The van der Waals surface area contributed by atoms with Crippen LogP contribution in [0.25, 0.3) is 0 Å². The van der Waals surface area contributed by atoms with E-state index in [2.05, 4.69) is 10.6 Å². The van der Waals surface area contributed by atoms with Crippen LogP contribution in [0.4, 0.5) is 13.2 Å². The summed E-state index contributed by atoms with van der Waals surface area (Å²) < 4.78 is 40.3. The van der Waals surface area contributed by atoms with Gasteiger partial charge in [-0.3, -0.25) is 4.79 Å². The Morgan fingerprint density at radius 2 is 1.83 bits per heavy atom. The van der Waals surface area contributed by atoms with Crippen LogP contribution in [0.2, 0.25) is 0 Å². The molecule has 1 saturated heterocycles. The van der Waals surface area contributed by atoms with Gasteiger partial charge in [0.05, 0.1) is 6.04 Å². The van der Waals surface area contributed by atoms with Crippen LogP contribution < -0.4 is 10.6 Å². The highest BCUT2D eigenvalue weighted by Gasteiger charge is 2.31. The maximum Gasteiger partial charge on any atom is 0.220 e. The summed E-state index contributed by atoms with van der Waals surface area (Å²) in [5.41, 5.74) is 0.992. The Labute approximate surface area is 137 Å². The van der Waals surface area contributed by atoms with Crippen molar-refractivity contribution in [1.82, 2.24) is 10.6 Å². The number of amides is 1. The quantitative estimate of drug-likeness (QED) is 0.901. The fraction of sp³-hybridized carbons (Fsp3) is 0.278. The summed E-state index contributed by atoms with van der Waals surface area (Å²) in [4.78, 5) is 11.7. The summed E-state index contributed by atoms with van der Waals surface area (Å²) in [7, 11) is 0. The van der Waals surface area contributed by atoms with Crippen molar-refractivity contribution in [3.8, 4) is 0 Å². The van der Waals surface area contributed by atoms with Gasteiger partial charge in [-0.15, -0.1) is 0 Å². The average molecular weight is 334 g/mol. The van der Waals surface area contributed by atoms with Crippen LogP contribution in [-0.4, -0.2) is 11.9 Å². The molecule has 2 atom stereocenters. The van der Waals surface area contributed by atoms with Crippen molar-refractivity contribution in [3.05, 3.63) is 71.0 Å². The van der Waals surface area contributed by atoms with Gasteiger partial charge in [-0.05, 0) is 30.2 Å². The first kappa shape index (κ1) is 16.5. The minimum Gasteiger partial charge on any atom is -0.348 e. The summed E-state index contributed by atoms with van der Waals surface area (Å²) in [6, 6.07) is 9.28. The number of halogens is 3. The molecule has 0 radical (unpaired) electrons. The van der Waals surface area contributed by atoms with Crippen molar-refractivity contribution < 1.29 is 18.0 Å². The fourth-order valence-corrected chi connectivity index (χ4v) is 2.94. The van der Waals surface area contributed by atoms with E-state index in [0.717, 1.165) is 12.1 Å². The van der Waals surface area contributed by atoms with E-state index in [-0.39, 0.29) is 17.8 Å². The molecule has 0 spiro atoms. The molecule has 1 heterocycles. The Morgan fingerprint density at radius 3 is 2.58 bits per heavy atom. The zero-order valence-electron chi connectivity index (χ0n) is 12.9. The van der Waals surface area contributed by atoms with Crippen molar-refractivity contribution in [2.45, 2.75) is 31.5 Å². The standard InChI is InChI=1S/C18H17F3N2O/c19-13-4-2-1-3-12(13)18-16(7-8-17(24)23-18)22-10-11-5-6-14(20)15(21)9-11/h1-6,9,16,18,22H,7-8,10H2,(H,23,24)/t16-,18+/m1/s1. The highest BCUT2D eigenvalue weighted by Crippen LogP contribution is 2.26. The third-order valence-electron chi connectivity index (χ3n) is 4.19. The zero-order chi connectivity index (χ0) is 17.1. The lowest BCUT2D eigenvalue weighted by Gasteiger charge is -2.33. The SMILES string of the molecule is O=C1CC[C@@H](NCc2ccc(F)c(F)c2)[C@H](c2ccccc2F)N1. The summed E-state index contributed by atoms with van der Waals surface area (Å²) in [6.45, 7) is 0.294. The summed E-state index contributed by atoms with van der Waals surface area (Å²) >= 11 is 0. The molecule has 0 bridgehead atoms. The van der Waals surface area contributed by atoms with Crippen molar-refractivity contribution in [3.63, 3.8) is 0 Å². The first-order chi connectivity index (χ1) is 11.5. The molecule has 2 N–H and O–H groups in total. The van der Waals surface area contributed by atoms with Crippen LogP contribution in [0.1, 0.15) is 30.0 Å². The van der Waals surface area contributed by atoms with Crippen LogP contribution in [0.3, 0.4) is 0 Å². The summed E-state index contributed by atoms with van der Waals surface area (Å²) in [5.74, 6) is -2.32. The minimum absolute atomic E-state index is 0.130. The third kappa shape index (κ3) is 3.59. The lowest BCUT2D eigenvalue weighted by Crippen LogP contribution is -2.48. The molecule has 0 unspecified atom stereocenters. The zero-order valence-corrected chi connectivity index (χ0v) is 12.9. The number of hydrogen-bond acceptors (Lipinski definition) is 2. The predicted octanol–water partition coefficient (Wildman–Crippen LogP) is 3.21. The second-order valence-corrected chi connectivity index (χ2v) is 5.84. The average Bonchev–Trinajstić information content (AvgIpc) is 2.57. The first-order valence-electron chi connectivity index (χ1n) is 7.75. The smallest absolute Gasteiger partial charge is 0.220 e. The van der Waals surface area contributed by atoms with Crippen LogP contribution in [0.15, 0.2) is 42.5 Å². The molecule has 1 fully saturated rings. The van der Waals surface area contributed by atoms with Crippen LogP contribution >= 0.6 is 0 Å². The van der Waals surface area contributed by atoms with Gasteiger partial charge in [0.15, 0.2) is 11.6 Å². The maximum atomic E-state index is 14.1. The lowest BCUT2D eigenvalue weighted by atomic mass is 9.91. The molecule has 2 aromatic carbocycles. The Bertz CT molecular complexity index is 751. The normalized spacial score (nSPS) is 20.7. The molecule has 2 aromatic rings. The van der Waals surface area contributed by atoms with Gasteiger partial charge in [0.1, 0.15) is 5.82 Å². The van der Waals surface area contributed by atoms with Gasteiger partial charge in [0.2, 0.25) is 5.91 Å². The Morgan fingerprint density at radius 1 is 1.04 bits per heavy atom. The van der Waals surface area contributed by atoms with Gasteiger partial charge in [0, 0.05) is 24.6 Å². The van der Waals surface area contributed by atoms with Crippen molar-refractivity contribution >= 4 is 5.91 Å². The Hall–Kier alpha value is -2.34. The van der Waals surface area contributed by atoms with E-state index < -0.39 is 17.7 Å². The topological polar surface area (TPSA) is 41.1 Å². The number of nitrogens with one attached hydrogen (secondary N) is 2. The van der Waals surface area contributed by atoms with Crippen LogP contribution in [0.5, 0.6) is 0 Å². The lowest BCUT2D eigenvalue weighted by molar-refractivity contribution is -0.123. The number of hydrogen-bond donors (Lipinski definition) is 2. The second-order valence-electron chi connectivity index (χ2n) is 5.84. The molecule has 3 rings (SSSR count). The predicted molar refractivity (Wildman–Crippen MR) is 83.5 cm³/mol. The van der Waals surface area contributed by atoms with E-state index in [9.17, 15) is 18.0 Å². The van der Waals surface area contributed by atoms with E-state index in [1.807, 2.05) is 0 Å². The molecular weight excluding hydrogens is 317 g/mol. The van der Waals surface area contributed by atoms with Gasteiger partial charge >= 0.3 is 0 Å². The minimum atomic E-state index is -0.906. The molecule has 1 amide bonds. The molecular formula is C18H17F3N2O. The molecule has 0 saturated carbocycles. The fourth-order valence-electron chi connectivity index (χ4n) is 2.94. The van der Waals surface area contributed by atoms with E-state index in [1.165, 1.54) is 12.1 Å². The Kier molecular flexibility index (Phi) is 4.85. The van der Waals surface area contributed by atoms with Crippen molar-refractivity contribution in [2.24, 2.45) is 0 Å². The molecule has 126 valence electrons. The van der Waals surface area contributed by atoms with E-state index in [1.54, 1.807) is 18.2 Å². The number of benzene rings is 2. The van der Waals surface area contributed by atoms with Gasteiger partial charge < -0.3 is 10.6 Å². The van der Waals surface area contributed by atoms with Gasteiger partial charge in [-0.1, -0.05) is 24.3 Å². The summed E-state index contributed by atoms with van der Waals surface area (Å²) in [6.07, 6.45) is 0.870. The molecule has 0 aromatic heterocycles. The number of carbonyl (C=O) groups excluding carboxylic acids is 1. The van der Waals surface area contributed by atoms with Gasteiger partial charge in [0.25, 0.3) is 0 Å². The van der Waals surface area contributed by atoms with Crippen molar-refractivity contribution in [1.29, 1.82) is 0 Å². The van der Waals surface area contributed by atoms with Crippen molar-refractivity contribution in [2.75, 3.05) is 0 Å². The Balaban J connectivity index is 1.75. The van der Waals surface area contributed by atoms with Gasteiger partial charge in [-0.25, -0.2) is 13.2 Å². The highest BCUT2D eigenvalue weighted by molar-refractivity contribution is 5.77. The number of rotatable bonds is 4. The molecule has 3 nitrogen and oxygen atoms in total. The maximum absolute atomic E-state index is 14.1. The van der Waals surface area contributed by atoms with E-state index in [0.29, 0.717) is 30.5 Å². The molecule has 24 heavy (non-hydrogen) atoms. The van der Waals surface area contributed by atoms with Crippen LogP contribution in [-0.2, 0) is 11.3 Å². The largest absolute Gasteiger partial charge is 0.348 e. The molecule has 0 aliphatic carbocycles. The highest BCUT2D eigenvalue weighted by atomic mass is 19.2.